The second kappa shape index (κ2) is 8.37. The molecule has 0 bridgehead atoms. The topological polar surface area (TPSA) is 38.9 Å². The highest BCUT2D eigenvalue weighted by molar-refractivity contribution is 7.26. The van der Waals surface area contributed by atoms with Gasteiger partial charge in [-0.05, 0) is 52.6 Å². The van der Waals surface area contributed by atoms with Crippen LogP contribution < -0.4 is 0 Å². The molecule has 0 fully saturated rings. The maximum Gasteiger partial charge on any atom is 0.180 e. The highest BCUT2D eigenvalue weighted by Gasteiger charge is 2.15. The summed E-state index contributed by atoms with van der Waals surface area (Å²) in [6.45, 7) is 0. The number of rotatable bonds is 3. The number of benzene rings is 5. The van der Waals surface area contributed by atoms with E-state index in [0.29, 0.717) is 0 Å². The Morgan fingerprint density at radius 2 is 1.24 bits per heavy atom. The smallest absolute Gasteiger partial charge is 0.180 e. The Morgan fingerprint density at radius 3 is 2.13 bits per heavy atom. The molecule has 4 heteroatoms. The number of para-hydroxylation sites is 1. The minimum Gasteiger partial charge on any atom is -0.452 e. The lowest BCUT2D eigenvalue weighted by atomic mass is 9.96. The summed E-state index contributed by atoms with van der Waals surface area (Å²) in [6, 6.07) is 40.6. The van der Waals surface area contributed by atoms with Crippen LogP contribution in [0.4, 0.5) is 0 Å². The number of hydrogen-bond donors (Lipinski definition) is 0. The van der Waals surface area contributed by atoms with Gasteiger partial charge in [0.25, 0.3) is 0 Å². The van der Waals surface area contributed by atoms with Crippen LogP contribution in [0.15, 0.2) is 126 Å². The molecular formula is C34H20N2OS. The van der Waals surface area contributed by atoms with Crippen LogP contribution in [-0.4, -0.2) is 9.97 Å². The van der Waals surface area contributed by atoms with Gasteiger partial charge in [0.1, 0.15) is 23.1 Å². The van der Waals surface area contributed by atoms with Crippen LogP contribution in [0.3, 0.4) is 0 Å². The number of thiophene rings is 1. The molecule has 8 rings (SSSR count). The molecule has 5 aromatic carbocycles. The summed E-state index contributed by atoms with van der Waals surface area (Å²) in [4.78, 5) is 9.14. The Balaban J connectivity index is 1.25. The van der Waals surface area contributed by atoms with E-state index in [1.54, 1.807) is 6.33 Å². The van der Waals surface area contributed by atoms with Crippen LogP contribution in [-0.2, 0) is 0 Å². The van der Waals surface area contributed by atoms with Crippen LogP contribution in [0.5, 0.6) is 0 Å². The fraction of sp³-hybridized carbons (Fsp3) is 0. The van der Waals surface area contributed by atoms with Gasteiger partial charge in [-0.2, -0.15) is 0 Å². The van der Waals surface area contributed by atoms with Crippen molar-refractivity contribution >= 4 is 53.6 Å². The van der Waals surface area contributed by atoms with E-state index in [2.05, 4.69) is 101 Å². The van der Waals surface area contributed by atoms with E-state index in [0.717, 1.165) is 44.5 Å². The molecule has 0 saturated heterocycles. The molecule has 8 aromatic rings. The van der Waals surface area contributed by atoms with Gasteiger partial charge < -0.3 is 4.42 Å². The maximum absolute atomic E-state index is 6.20. The van der Waals surface area contributed by atoms with Crippen LogP contribution in [0.1, 0.15) is 0 Å². The van der Waals surface area contributed by atoms with Crippen LogP contribution in [0.25, 0.3) is 75.8 Å². The van der Waals surface area contributed by atoms with Crippen LogP contribution in [0, 0.1) is 0 Å². The van der Waals surface area contributed by atoms with Gasteiger partial charge in [-0.15, -0.1) is 11.3 Å². The summed E-state index contributed by atoms with van der Waals surface area (Å²) in [6.07, 6.45) is 1.62. The first-order chi connectivity index (χ1) is 18.8. The van der Waals surface area contributed by atoms with E-state index >= 15 is 0 Å². The Bertz CT molecular complexity index is 2000. The Morgan fingerprint density at radius 1 is 0.553 bits per heavy atom. The Labute approximate surface area is 222 Å². The Hall–Kier alpha value is -4.80. The number of furan rings is 1. The minimum atomic E-state index is 0.719. The van der Waals surface area contributed by atoms with Crippen LogP contribution in [0.2, 0.25) is 0 Å². The summed E-state index contributed by atoms with van der Waals surface area (Å²) < 4.78 is 8.85. The molecule has 0 aliphatic carbocycles. The number of nitrogens with zero attached hydrogens (tertiary/aromatic N) is 2. The fourth-order valence-electron chi connectivity index (χ4n) is 5.42. The summed E-state index contributed by atoms with van der Waals surface area (Å²) in [5.41, 5.74) is 8.97. The maximum atomic E-state index is 6.20. The van der Waals surface area contributed by atoms with E-state index in [4.69, 9.17) is 4.42 Å². The molecule has 0 aliphatic heterocycles. The Kier molecular flexibility index (Phi) is 4.69. The first-order valence-electron chi connectivity index (χ1n) is 12.6. The molecule has 0 atom stereocenters. The van der Waals surface area contributed by atoms with Crippen molar-refractivity contribution in [2.24, 2.45) is 0 Å². The second-order valence-electron chi connectivity index (χ2n) is 9.44. The molecule has 0 aliphatic rings. The van der Waals surface area contributed by atoms with E-state index < -0.39 is 0 Å². The van der Waals surface area contributed by atoms with Gasteiger partial charge in [-0.1, -0.05) is 84.9 Å². The van der Waals surface area contributed by atoms with Gasteiger partial charge in [0.15, 0.2) is 5.58 Å². The lowest BCUT2D eigenvalue weighted by molar-refractivity contribution is 0.667. The average molecular weight is 505 g/mol. The van der Waals surface area contributed by atoms with Gasteiger partial charge >= 0.3 is 0 Å². The zero-order valence-corrected chi connectivity index (χ0v) is 21.1. The van der Waals surface area contributed by atoms with E-state index in [9.17, 15) is 0 Å². The zero-order valence-electron chi connectivity index (χ0n) is 20.3. The summed E-state index contributed by atoms with van der Waals surface area (Å²) in [5.74, 6) is 0. The third-order valence-corrected chi connectivity index (χ3v) is 8.43. The van der Waals surface area contributed by atoms with Gasteiger partial charge in [0.2, 0.25) is 0 Å². The van der Waals surface area contributed by atoms with Crippen molar-refractivity contribution in [3.8, 4) is 33.5 Å². The van der Waals surface area contributed by atoms with Crippen molar-refractivity contribution in [3.05, 3.63) is 122 Å². The normalized spacial score (nSPS) is 11.7. The van der Waals surface area contributed by atoms with E-state index in [-0.39, 0.29) is 0 Å². The molecule has 0 unspecified atom stereocenters. The SMILES string of the molecule is c1cc(-c2cccc(-c3cccc4c3sc3ccccc34)c2)cc(-c2ncnc3c2oc2ccccc23)c1. The molecule has 0 radical (unpaired) electrons. The quantitative estimate of drug-likeness (QED) is 0.240. The van der Waals surface area contributed by atoms with E-state index in [1.165, 1.54) is 31.3 Å². The first-order valence-corrected chi connectivity index (χ1v) is 13.4. The molecule has 3 aromatic heterocycles. The number of fused-ring (bicyclic) bond motifs is 6. The first kappa shape index (κ1) is 21.3. The van der Waals surface area contributed by atoms with Crippen molar-refractivity contribution < 1.29 is 4.42 Å². The van der Waals surface area contributed by atoms with Crippen molar-refractivity contribution in [1.82, 2.24) is 9.97 Å². The predicted molar refractivity (Wildman–Crippen MR) is 159 cm³/mol. The molecule has 0 amide bonds. The van der Waals surface area contributed by atoms with Gasteiger partial charge in [0.05, 0.1) is 0 Å². The highest BCUT2D eigenvalue weighted by atomic mass is 32.1. The zero-order chi connectivity index (χ0) is 25.1. The molecule has 0 spiro atoms. The lowest BCUT2D eigenvalue weighted by Crippen LogP contribution is -1.88. The number of aromatic nitrogens is 2. The van der Waals surface area contributed by atoms with E-state index in [1.807, 2.05) is 35.6 Å². The second-order valence-corrected chi connectivity index (χ2v) is 10.5. The van der Waals surface area contributed by atoms with Gasteiger partial charge in [-0.3, -0.25) is 0 Å². The van der Waals surface area contributed by atoms with Crippen molar-refractivity contribution in [1.29, 1.82) is 0 Å². The van der Waals surface area contributed by atoms with Crippen molar-refractivity contribution in [2.75, 3.05) is 0 Å². The van der Waals surface area contributed by atoms with Crippen molar-refractivity contribution in [3.63, 3.8) is 0 Å². The van der Waals surface area contributed by atoms with Gasteiger partial charge in [-0.25, -0.2) is 9.97 Å². The summed E-state index contributed by atoms with van der Waals surface area (Å²) in [7, 11) is 0. The van der Waals surface area contributed by atoms with Crippen molar-refractivity contribution in [2.45, 2.75) is 0 Å². The standard InChI is InChI=1S/C34H20N2OS/c1-3-16-29-28(13-1)32-33(37-29)31(35-20-36-32)24-11-6-9-22(19-24)21-8-5-10-23(18-21)25-14-7-15-27-26-12-2-4-17-30(26)38-34(25)27/h1-20H. The molecule has 0 saturated carbocycles. The molecular weight excluding hydrogens is 484 g/mol. The lowest BCUT2D eigenvalue weighted by Gasteiger charge is -2.09. The summed E-state index contributed by atoms with van der Waals surface area (Å²) in [5, 5.41) is 3.64. The minimum absolute atomic E-state index is 0.719. The highest BCUT2D eigenvalue weighted by Crippen LogP contribution is 2.41. The largest absolute Gasteiger partial charge is 0.452 e. The molecule has 0 N–H and O–H groups in total. The third-order valence-electron chi connectivity index (χ3n) is 7.21. The molecule has 3 heterocycles. The molecule has 178 valence electrons. The summed E-state index contributed by atoms with van der Waals surface area (Å²) >= 11 is 1.86. The third kappa shape index (κ3) is 3.28. The molecule has 38 heavy (non-hydrogen) atoms. The number of hydrogen-bond acceptors (Lipinski definition) is 4. The predicted octanol–water partition coefficient (Wildman–Crippen LogP) is 9.74. The fourth-order valence-corrected chi connectivity index (χ4v) is 6.65. The van der Waals surface area contributed by atoms with Crippen LogP contribution >= 0.6 is 11.3 Å². The van der Waals surface area contributed by atoms with Gasteiger partial charge in [0, 0.05) is 31.1 Å². The monoisotopic (exact) mass is 504 g/mol. The molecule has 3 nitrogen and oxygen atoms in total. The average Bonchev–Trinajstić information content (AvgIpc) is 3.56.